The Morgan fingerprint density at radius 3 is 2.90 bits per heavy atom. The monoisotopic (exact) mass is 284 g/mol. The Labute approximate surface area is 124 Å². The molecule has 1 aliphatic heterocycles. The highest BCUT2D eigenvalue weighted by atomic mass is 16.4. The maximum atomic E-state index is 11.7. The molecule has 1 aromatic heterocycles. The fourth-order valence-corrected chi connectivity index (χ4v) is 3.35. The number of fused-ring (bicyclic) bond motifs is 1. The Hall–Kier alpha value is -1.94. The van der Waals surface area contributed by atoms with Crippen molar-refractivity contribution in [2.75, 3.05) is 6.54 Å². The second kappa shape index (κ2) is 5.45. The van der Waals surface area contributed by atoms with Crippen LogP contribution in [0.15, 0.2) is 36.4 Å². The van der Waals surface area contributed by atoms with Gasteiger partial charge in [0, 0.05) is 11.9 Å². The van der Waals surface area contributed by atoms with Gasteiger partial charge in [-0.15, -0.1) is 0 Å². The summed E-state index contributed by atoms with van der Waals surface area (Å²) < 4.78 is 0. The maximum Gasteiger partial charge on any atom is 0.324 e. The van der Waals surface area contributed by atoms with Crippen molar-refractivity contribution in [1.82, 2.24) is 9.88 Å². The number of carboxylic acids is 1. The number of benzene rings is 1. The molecule has 1 saturated heterocycles. The van der Waals surface area contributed by atoms with Crippen LogP contribution in [0.5, 0.6) is 0 Å². The smallest absolute Gasteiger partial charge is 0.324 e. The molecule has 21 heavy (non-hydrogen) atoms. The summed E-state index contributed by atoms with van der Waals surface area (Å²) in [6, 6.07) is 12.1. The van der Waals surface area contributed by atoms with Gasteiger partial charge in [0.25, 0.3) is 0 Å². The first-order valence-corrected chi connectivity index (χ1v) is 7.49. The molecule has 0 spiro atoms. The molecule has 110 valence electrons. The minimum absolute atomic E-state index is 0.602. The van der Waals surface area contributed by atoms with Crippen molar-refractivity contribution in [3.63, 3.8) is 0 Å². The average molecular weight is 284 g/mol. The first-order chi connectivity index (χ1) is 10.2. The zero-order valence-electron chi connectivity index (χ0n) is 12.2. The molecule has 2 heterocycles. The van der Waals surface area contributed by atoms with E-state index >= 15 is 0 Å². The molecule has 1 atom stereocenters. The molecule has 4 nitrogen and oxygen atoms in total. The number of nitrogens with zero attached hydrogens (tertiary/aromatic N) is 2. The van der Waals surface area contributed by atoms with Gasteiger partial charge in [0.05, 0.1) is 11.2 Å². The van der Waals surface area contributed by atoms with Crippen LogP contribution >= 0.6 is 0 Å². The lowest BCUT2D eigenvalue weighted by Crippen LogP contribution is -2.49. The molecule has 0 aliphatic carbocycles. The van der Waals surface area contributed by atoms with Gasteiger partial charge in [-0.2, -0.15) is 0 Å². The highest BCUT2D eigenvalue weighted by Crippen LogP contribution is 2.34. The number of carbonyl (C=O) groups is 1. The summed E-state index contributed by atoms with van der Waals surface area (Å²) >= 11 is 0. The van der Waals surface area contributed by atoms with E-state index in [0.29, 0.717) is 13.0 Å². The number of rotatable bonds is 4. The molecule has 0 radical (unpaired) electrons. The minimum atomic E-state index is -0.715. The number of pyridine rings is 1. The topological polar surface area (TPSA) is 53.4 Å². The zero-order chi connectivity index (χ0) is 14.9. The number of aliphatic carboxylic acids is 1. The van der Waals surface area contributed by atoms with Crippen LogP contribution < -0.4 is 0 Å². The number of hydrogen-bond acceptors (Lipinski definition) is 3. The van der Waals surface area contributed by atoms with Gasteiger partial charge >= 0.3 is 5.97 Å². The third-order valence-corrected chi connectivity index (χ3v) is 4.62. The average Bonchev–Trinajstić information content (AvgIpc) is 2.91. The highest BCUT2D eigenvalue weighted by molar-refractivity contribution is 5.79. The van der Waals surface area contributed by atoms with E-state index in [-0.39, 0.29) is 0 Å². The van der Waals surface area contributed by atoms with E-state index in [1.165, 1.54) is 0 Å². The first-order valence-electron chi connectivity index (χ1n) is 7.49. The molecule has 3 rings (SSSR count). The minimum Gasteiger partial charge on any atom is -0.480 e. The number of aromatic nitrogens is 1. The lowest BCUT2D eigenvalue weighted by molar-refractivity contribution is -0.150. The summed E-state index contributed by atoms with van der Waals surface area (Å²) in [6.07, 6.45) is 2.30. The molecule has 1 aromatic carbocycles. The summed E-state index contributed by atoms with van der Waals surface area (Å²) in [5.41, 5.74) is 1.19. The van der Waals surface area contributed by atoms with Crippen molar-refractivity contribution in [3.8, 4) is 0 Å². The van der Waals surface area contributed by atoms with Gasteiger partial charge in [-0.05, 0) is 37.9 Å². The molecular weight excluding hydrogens is 264 g/mol. The summed E-state index contributed by atoms with van der Waals surface area (Å²) in [6.45, 7) is 3.39. The van der Waals surface area contributed by atoms with Crippen molar-refractivity contribution in [3.05, 3.63) is 42.1 Å². The number of para-hydroxylation sites is 1. The zero-order valence-corrected chi connectivity index (χ0v) is 12.2. The molecule has 0 amide bonds. The molecule has 1 N–H and O–H groups in total. The molecule has 2 aromatic rings. The van der Waals surface area contributed by atoms with Gasteiger partial charge in [0.1, 0.15) is 5.54 Å². The van der Waals surface area contributed by atoms with Gasteiger partial charge in [-0.25, -0.2) is 0 Å². The highest BCUT2D eigenvalue weighted by Gasteiger charge is 2.46. The molecule has 1 fully saturated rings. The fraction of sp³-hybridized carbons (Fsp3) is 0.412. The van der Waals surface area contributed by atoms with E-state index in [4.69, 9.17) is 0 Å². The van der Waals surface area contributed by atoms with E-state index in [0.717, 1.165) is 36.0 Å². The number of hydrogen-bond donors (Lipinski definition) is 1. The molecule has 0 bridgehead atoms. The molecule has 4 heteroatoms. The third-order valence-electron chi connectivity index (χ3n) is 4.62. The van der Waals surface area contributed by atoms with Crippen molar-refractivity contribution in [2.45, 2.75) is 38.3 Å². The van der Waals surface area contributed by atoms with Crippen LogP contribution in [-0.2, 0) is 11.3 Å². The molecule has 0 saturated carbocycles. The molecular formula is C17H20N2O2. The Kier molecular flexibility index (Phi) is 3.64. The Morgan fingerprint density at radius 1 is 1.33 bits per heavy atom. The lowest BCUT2D eigenvalue weighted by Gasteiger charge is -2.33. The number of carboxylic acid groups (broad SMARTS) is 1. The molecule has 1 unspecified atom stereocenters. The van der Waals surface area contributed by atoms with Crippen molar-refractivity contribution in [2.24, 2.45) is 0 Å². The van der Waals surface area contributed by atoms with Crippen LogP contribution in [0.1, 0.15) is 31.9 Å². The summed E-state index contributed by atoms with van der Waals surface area (Å²) in [7, 11) is 0. The lowest BCUT2D eigenvalue weighted by atomic mass is 9.93. The SMILES string of the molecule is CCC1(C(=O)O)CCCN1Cc1ccc2ccccc2n1. The van der Waals surface area contributed by atoms with Crippen molar-refractivity contribution >= 4 is 16.9 Å². The molecule has 1 aliphatic rings. The van der Waals surface area contributed by atoms with E-state index in [9.17, 15) is 9.90 Å². The maximum absolute atomic E-state index is 11.7. The number of likely N-dealkylation sites (tertiary alicyclic amines) is 1. The van der Waals surface area contributed by atoms with Crippen LogP contribution in [0.2, 0.25) is 0 Å². The van der Waals surface area contributed by atoms with Crippen molar-refractivity contribution < 1.29 is 9.90 Å². The largest absolute Gasteiger partial charge is 0.480 e. The van der Waals surface area contributed by atoms with E-state index in [1.807, 2.05) is 37.3 Å². The Bertz CT molecular complexity index is 671. The van der Waals surface area contributed by atoms with Gasteiger partial charge in [-0.3, -0.25) is 14.7 Å². The van der Waals surface area contributed by atoms with Crippen LogP contribution in [0.4, 0.5) is 0 Å². The standard InChI is InChI=1S/C17H20N2O2/c1-2-17(16(20)21)10-5-11-19(17)12-14-9-8-13-6-3-4-7-15(13)18-14/h3-4,6-9H,2,5,10-12H2,1H3,(H,20,21). The summed E-state index contributed by atoms with van der Waals surface area (Å²) in [5.74, 6) is -0.705. The van der Waals surface area contributed by atoms with Crippen LogP contribution in [0, 0.1) is 0 Å². The third kappa shape index (κ3) is 2.40. The van der Waals surface area contributed by atoms with Crippen LogP contribution in [0.25, 0.3) is 10.9 Å². The summed E-state index contributed by atoms with van der Waals surface area (Å²) in [5, 5.41) is 10.7. The van der Waals surface area contributed by atoms with Crippen LogP contribution in [0.3, 0.4) is 0 Å². The van der Waals surface area contributed by atoms with E-state index in [1.54, 1.807) is 0 Å². The van der Waals surface area contributed by atoms with E-state index < -0.39 is 11.5 Å². The van der Waals surface area contributed by atoms with Gasteiger partial charge < -0.3 is 5.11 Å². The Balaban J connectivity index is 1.88. The van der Waals surface area contributed by atoms with Gasteiger partial charge in [0.2, 0.25) is 0 Å². The predicted molar refractivity (Wildman–Crippen MR) is 82.0 cm³/mol. The fourth-order valence-electron chi connectivity index (χ4n) is 3.35. The Morgan fingerprint density at radius 2 is 2.14 bits per heavy atom. The second-order valence-electron chi connectivity index (χ2n) is 5.71. The van der Waals surface area contributed by atoms with E-state index in [2.05, 4.69) is 16.0 Å². The van der Waals surface area contributed by atoms with Gasteiger partial charge in [0.15, 0.2) is 0 Å². The van der Waals surface area contributed by atoms with Crippen LogP contribution in [-0.4, -0.2) is 33.0 Å². The van der Waals surface area contributed by atoms with Gasteiger partial charge in [-0.1, -0.05) is 31.2 Å². The van der Waals surface area contributed by atoms with Crippen molar-refractivity contribution in [1.29, 1.82) is 0 Å². The second-order valence-corrected chi connectivity index (χ2v) is 5.71. The predicted octanol–water partition coefficient (Wildman–Crippen LogP) is 3.06. The first kappa shape index (κ1) is 14.0. The summed E-state index contributed by atoms with van der Waals surface area (Å²) in [4.78, 5) is 18.4. The normalized spacial score (nSPS) is 22.7. The quantitative estimate of drug-likeness (QED) is 0.937.